The second-order valence-corrected chi connectivity index (χ2v) is 5.06. The van der Waals surface area contributed by atoms with Crippen LogP contribution in [0.2, 0.25) is 0 Å². The summed E-state index contributed by atoms with van der Waals surface area (Å²) >= 11 is 0. The molecule has 1 heterocycles. The predicted octanol–water partition coefficient (Wildman–Crippen LogP) is 1.03. The van der Waals surface area contributed by atoms with E-state index in [9.17, 15) is 4.79 Å². The van der Waals surface area contributed by atoms with Gasteiger partial charge in [0.25, 0.3) is 0 Å². The van der Waals surface area contributed by atoms with Crippen LogP contribution in [-0.2, 0) is 16.1 Å². The molecule has 0 radical (unpaired) electrons. The van der Waals surface area contributed by atoms with Gasteiger partial charge < -0.3 is 19.7 Å². The number of nitrogens with one attached hydrogen (secondary N) is 1. The smallest absolute Gasteiger partial charge is 0.239 e. The zero-order valence-electron chi connectivity index (χ0n) is 12.3. The molecule has 5 heteroatoms. The van der Waals surface area contributed by atoms with E-state index in [1.54, 1.807) is 19.1 Å². The largest absolute Gasteiger partial charge is 0.496 e. The molecule has 1 aliphatic rings. The van der Waals surface area contributed by atoms with E-state index < -0.39 is 0 Å². The second-order valence-electron chi connectivity index (χ2n) is 5.06. The highest BCUT2D eigenvalue weighted by atomic mass is 16.5. The molecule has 1 N–H and O–H groups in total. The first-order chi connectivity index (χ1) is 9.65. The number of likely N-dealkylation sites (N-methyl/N-ethyl adjacent to an activating group) is 1. The van der Waals surface area contributed by atoms with Gasteiger partial charge in [0.15, 0.2) is 0 Å². The van der Waals surface area contributed by atoms with Crippen molar-refractivity contribution in [2.75, 3.05) is 27.8 Å². The van der Waals surface area contributed by atoms with Gasteiger partial charge in [-0.25, -0.2) is 0 Å². The van der Waals surface area contributed by atoms with Gasteiger partial charge >= 0.3 is 0 Å². The number of rotatable bonds is 5. The van der Waals surface area contributed by atoms with Crippen LogP contribution in [0.1, 0.15) is 12.0 Å². The zero-order chi connectivity index (χ0) is 14.5. The summed E-state index contributed by atoms with van der Waals surface area (Å²) in [6, 6.07) is 7.60. The minimum Gasteiger partial charge on any atom is -0.496 e. The SMILES string of the molecule is COc1ccccc1CN(C)C(=O)C1CC(OC)CN1. The third kappa shape index (κ3) is 3.29. The summed E-state index contributed by atoms with van der Waals surface area (Å²) in [5, 5.41) is 3.21. The molecule has 2 rings (SSSR count). The maximum atomic E-state index is 12.4. The van der Waals surface area contributed by atoms with Crippen molar-refractivity contribution in [1.29, 1.82) is 0 Å². The van der Waals surface area contributed by atoms with E-state index in [2.05, 4.69) is 5.32 Å². The van der Waals surface area contributed by atoms with Crippen LogP contribution in [-0.4, -0.2) is 50.8 Å². The average molecular weight is 278 g/mol. The van der Waals surface area contributed by atoms with Gasteiger partial charge in [0.05, 0.1) is 19.3 Å². The number of hydrogen-bond acceptors (Lipinski definition) is 4. The van der Waals surface area contributed by atoms with Crippen molar-refractivity contribution in [1.82, 2.24) is 10.2 Å². The first-order valence-corrected chi connectivity index (χ1v) is 6.78. The molecule has 5 nitrogen and oxygen atoms in total. The van der Waals surface area contributed by atoms with E-state index >= 15 is 0 Å². The lowest BCUT2D eigenvalue weighted by Gasteiger charge is -2.22. The maximum absolute atomic E-state index is 12.4. The third-order valence-corrected chi connectivity index (χ3v) is 3.70. The van der Waals surface area contributed by atoms with Gasteiger partial charge in [-0.05, 0) is 12.5 Å². The van der Waals surface area contributed by atoms with Crippen molar-refractivity contribution >= 4 is 5.91 Å². The molecule has 0 spiro atoms. The van der Waals surface area contributed by atoms with Gasteiger partial charge in [-0.3, -0.25) is 4.79 Å². The van der Waals surface area contributed by atoms with Crippen LogP contribution < -0.4 is 10.1 Å². The Morgan fingerprint density at radius 1 is 1.40 bits per heavy atom. The summed E-state index contributed by atoms with van der Waals surface area (Å²) in [6.45, 7) is 1.27. The Labute approximate surface area is 119 Å². The number of hydrogen-bond donors (Lipinski definition) is 1. The molecule has 0 aliphatic carbocycles. The summed E-state index contributed by atoms with van der Waals surface area (Å²) in [5.74, 6) is 0.900. The number of ether oxygens (including phenoxy) is 2. The molecule has 0 bridgehead atoms. The lowest BCUT2D eigenvalue weighted by Crippen LogP contribution is -2.41. The highest BCUT2D eigenvalue weighted by Crippen LogP contribution is 2.20. The molecule has 0 saturated carbocycles. The van der Waals surface area contributed by atoms with E-state index in [4.69, 9.17) is 9.47 Å². The van der Waals surface area contributed by atoms with Crippen molar-refractivity contribution in [3.8, 4) is 5.75 Å². The van der Waals surface area contributed by atoms with E-state index in [0.717, 1.165) is 24.3 Å². The number of carbonyl (C=O) groups is 1. The van der Waals surface area contributed by atoms with Crippen LogP contribution in [0.4, 0.5) is 0 Å². The topological polar surface area (TPSA) is 50.8 Å². The van der Waals surface area contributed by atoms with Crippen molar-refractivity contribution in [2.24, 2.45) is 0 Å². The van der Waals surface area contributed by atoms with Crippen molar-refractivity contribution < 1.29 is 14.3 Å². The molecule has 2 atom stereocenters. The molecule has 1 amide bonds. The number of benzene rings is 1. The highest BCUT2D eigenvalue weighted by Gasteiger charge is 2.31. The Balaban J connectivity index is 1.97. The van der Waals surface area contributed by atoms with Crippen molar-refractivity contribution in [3.63, 3.8) is 0 Å². The van der Waals surface area contributed by atoms with E-state index in [0.29, 0.717) is 6.54 Å². The summed E-state index contributed by atoms with van der Waals surface area (Å²) in [4.78, 5) is 14.1. The molecule has 110 valence electrons. The van der Waals surface area contributed by atoms with Crippen molar-refractivity contribution in [2.45, 2.75) is 25.1 Å². The van der Waals surface area contributed by atoms with Crippen LogP contribution in [0.3, 0.4) is 0 Å². The molecule has 1 aliphatic heterocycles. The Kier molecular flexibility index (Phi) is 4.98. The first-order valence-electron chi connectivity index (χ1n) is 6.78. The summed E-state index contributed by atoms with van der Waals surface area (Å²) in [5.41, 5.74) is 1.01. The Hall–Kier alpha value is -1.59. The lowest BCUT2D eigenvalue weighted by atomic mass is 10.1. The molecule has 1 saturated heterocycles. The molecular weight excluding hydrogens is 256 g/mol. The van der Waals surface area contributed by atoms with Gasteiger partial charge in [0.2, 0.25) is 5.91 Å². The Morgan fingerprint density at radius 2 is 2.15 bits per heavy atom. The number of nitrogens with zero attached hydrogens (tertiary/aromatic N) is 1. The molecule has 1 aromatic carbocycles. The van der Waals surface area contributed by atoms with Gasteiger partial charge in [0, 0.05) is 32.8 Å². The quantitative estimate of drug-likeness (QED) is 0.874. The lowest BCUT2D eigenvalue weighted by molar-refractivity contribution is -0.132. The standard InChI is InChI=1S/C15H22N2O3/c1-17(10-11-6-4-5-7-14(11)20-3)15(18)13-8-12(19-2)9-16-13/h4-7,12-13,16H,8-10H2,1-3H3. The van der Waals surface area contributed by atoms with Crippen LogP contribution in [0, 0.1) is 0 Å². The van der Waals surface area contributed by atoms with Crippen LogP contribution in [0.25, 0.3) is 0 Å². The fourth-order valence-corrected chi connectivity index (χ4v) is 2.50. The second kappa shape index (κ2) is 6.72. The van der Waals surface area contributed by atoms with Gasteiger partial charge in [0.1, 0.15) is 5.75 Å². The number of amides is 1. The van der Waals surface area contributed by atoms with Crippen LogP contribution in [0.15, 0.2) is 24.3 Å². The summed E-state index contributed by atoms with van der Waals surface area (Å²) < 4.78 is 10.6. The maximum Gasteiger partial charge on any atom is 0.239 e. The monoisotopic (exact) mass is 278 g/mol. The average Bonchev–Trinajstić information content (AvgIpc) is 2.95. The molecule has 20 heavy (non-hydrogen) atoms. The number of carbonyl (C=O) groups excluding carboxylic acids is 1. The van der Waals surface area contributed by atoms with E-state index in [-0.39, 0.29) is 18.1 Å². The van der Waals surface area contributed by atoms with Crippen LogP contribution >= 0.6 is 0 Å². The van der Waals surface area contributed by atoms with Gasteiger partial charge in [-0.2, -0.15) is 0 Å². The van der Waals surface area contributed by atoms with Gasteiger partial charge in [-0.15, -0.1) is 0 Å². The first kappa shape index (κ1) is 14.8. The summed E-state index contributed by atoms with van der Waals surface area (Å²) in [6.07, 6.45) is 0.856. The molecule has 0 aromatic heterocycles. The van der Waals surface area contributed by atoms with E-state index in [1.807, 2.05) is 31.3 Å². The molecule has 1 aromatic rings. The Morgan fingerprint density at radius 3 is 2.80 bits per heavy atom. The number of para-hydroxylation sites is 1. The van der Waals surface area contributed by atoms with Crippen molar-refractivity contribution in [3.05, 3.63) is 29.8 Å². The minimum atomic E-state index is -0.153. The van der Waals surface area contributed by atoms with Crippen LogP contribution in [0.5, 0.6) is 5.75 Å². The highest BCUT2D eigenvalue weighted by molar-refractivity contribution is 5.82. The summed E-state index contributed by atoms with van der Waals surface area (Å²) in [7, 11) is 5.14. The minimum absolute atomic E-state index is 0.0930. The molecular formula is C15H22N2O3. The predicted molar refractivity (Wildman–Crippen MR) is 76.7 cm³/mol. The third-order valence-electron chi connectivity index (χ3n) is 3.70. The Bertz CT molecular complexity index is 464. The molecule has 1 fully saturated rings. The van der Waals surface area contributed by atoms with Gasteiger partial charge in [-0.1, -0.05) is 18.2 Å². The number of methoxy groups -OCH3 is 2. The fraction of sp³-hybridized carbons (Fsp3) is 0.533. The van der Waals surface area contributed by atoms with E-state index in [1.165, 1.54) is 0 Å². The normalized spacial score (nSPS) is 21.8. The zero-order valence-corrected chi connectivity index (χ0v) is 12.3. The molecule has 2 unspecified atom stereocenters. The fourth-order valence-electron chi connectivity index (χ4n) is 2.50.